The summed E-state index contributed by atoms with van der Waals surface area (Å²) in [5.41, 5.74) is 2.32. The number of halogens is 1. The summed E-state index contributed by atoms with van der Waals surface area (Å²) in [7, 11) is 3.06. The second-order valence-corrected chi connectivity index (χ2v) is 5.35. The lowest BCUT2D eigenvalue weighted by molar-refractivity contribution is -0.143. The van der Waals surface area contributed by atoms with E-state index in [4.69, 9.17) is 4.74 Å². The molecule has 2 aromatic rings. The molecule has 1 aromatic carbocycles. The average Bonchev–Trinajstić information content (AvgIpc) is 2.49. The maximum absolute atomic E-state index is 13.9. The minimum Gasteiger partial charge on any atom is -0.494 e. The second kappa shape index (κ2) is 7.19. The lowest BCUT2D eigenvalue weighted by atomic mass is 10.0. The summed E-state index contributed by atoms with van der Waals surface area (Å²) in [6, 6.07) is 5.10. The fraction of sp³-hybridized carbons (Fsp3) is 0.294. The molecule has 0 saturated heterocycles. The number of carboxylic acids is 1. The Bertz CT molecular complexity index is 706. The molecule has 0 fully saturated rings. The van der Waals surface area contributed by atoms with Gasteiger partial charge in [0.05, 0.1) is 7.11 Å². The number of ether oxygens (including phenoxy) is 1. The Morgan fingerprint density at radius 2 is 2.17 bits per heavy atom. The fourth-order valence-corrected chi connectivity index (χ4v) is 2.48. The number of methoxy groups -OCH3 is 1. The first-order chi connectivity index (χ1) is 10.9. The van der Waals surface area contributed by atoms with Crippen LogP contribution in [0.5, 0.6) is 5.75 Å². The highest BCUT2D eigenvalue weighted by atomic mass is 19.1. The zero-order valence-electron chi connectivity index (χ0n) is 13.3. The molecule has 0 spiro atoms. The van der Waals surface area contributed by atoms with Crippen LogP contribution in [0.1, 0.15) is 22.7 Å². The maximum atomic E-state index is 13.9. The molecule has 0 aliphatic heterocycles. The monoisotopic (exact) mass is 318 g/mol. The van der Waals surface area contributed by atoms with E-state index in [2.05, 4.69) is 4.98 Å². The standard InChI is InChI=1S/C17H19FN2O3/c1-11-9-19-7-6-13(11)10-20(2)16(17(21)22)12-4-5-15(23-3)14(18)8-12/h4-9,16H,10H2,1-3H3,(H,21,22)/t16-/m0/s1. The van der Waals surface area contributed by atoms with Gasteiger partial charge in [-0.15, -0.1) is 0 Å². The number of hydrogen-bond donors (Lipinski definition) is 1. The number of hydrogen-bond acceptors (Lipinski definition) is 4. The molecule has 0 radical (unpaired) electrons. The topological polar surface area (TPSA) is 62.7 Å². The van der Waals surface area contributed by atoms with Crippen molar-refractivity contribution in [2.45, 2.75) is 19.5 Å². The molecule has 122 valence electrons. The van der Waals surface area contributed by atoms with Gasteiger partial charge < -0.3 is 9.84 Å². The Kier molecular flexibility index (Phi) is 5.28. The Morgan fingerprint density at radius 3 is 2.74 bits per heavy atom. The third-order valence-corrected chi connectivity index (χ3v) is 3.72. The molecule has 0 unspecified atom stereocenters. The molecule has 0 saturated carbocycles. The summed E-state index contributed by atoms with van der Waals surface area (Å²) in [6.45, 7) is 2.33. The lowest BCUT2D eigenvalue weighted by Crippen LogP contribution is -2.30. The van der Waals surface area contributed by atoms with Crippen molar-refractivity contribution < 1.29 is 19.0 Å². The van der Waals surface area contributed by atoms with Gasteiger partial charge in [0.2, 0.25) is 0 Å². The van der Waals surface area contributed by atoms with Gasteiger partial charge >= 0.3 is 5.97 Å². The molecule has 5 nitrogen and oxygen atoms in total. The van der Waals surface area contributed by atoms with Crippen molar-refractivity contribution in [1.29, 1.82) is 0 Å². The van der Waals surface area contributed by atoms with Crippen LogP contribution in [0, 0.1) is 12.7 Å². The van der Waals surface area contributed by atoms with Crippen LogP contribution in [0.3, 0.4) is 0 Å². The highest BCUT2D eigenvalue weighted by Crippen LogP contribution is 2.26. The van der Waals surface area contributed by atoms with E-state index < -0.39 is 17.8 Å². The van der Waals surface area contributed by atoms with Gasteiger partial charge in [-0.1, -0.05) is 6.07 Å². The first kappa shape index (κ1) is 16.9. The zero-order chi connectivity index (χ0) is 17.0. The highest BCUT2D eigenvalue weighted by Gasteiger charge is 2.26. The van der Waals surface area contributed by atoms with E-state index >= 15 is 0 Å². The minimum absolute atomic E-state index is 0.0884. The summed E-state index contributed by atoms with van der Waals surface area (Å²) in [4.78, 5) is 17.4. The van der Waals surface area contributed by atoms with Crippen molar-refractivity contribution in [3.8, 4) is 5.75 Å². The molecule has 1 heterocycles. The van der Waals surface area contributed by atoms with Crippen molar-refractivity contribution in [2.75, 3.05) is 14.2 Å². The Hall–Kier alpha value is -2.47. The number of aromatic nitrogens is 1. The number of nitrogens with zero attached hydrogens (tertiary/aromatic N) is 2. The van der Waals surface area contributed by atoms with Crippen LogP contribution in [0.2, 0.25) is 0 Å². The number of pyridine rings is 1. The number of aliphatic carboxylic acids is 1. The van der Waals surface area contributed by atoms with E-state index in [0.717, 1.165) is 11.1 Å². The molecule has 1 N–H and O–H groups in total. The van der Waals surface area contributed by atoms with Crippen LogP contribution in [-0.2, 0) is 11.3 Å². The fourth-order valence-electron chi connectivity index (χ4n) is 2.48. The van der Waals surface area contributed by atoms with E-state index in [1.807, 2.05) is 13.0 Å². The first-order valence-corrected chi connectivity index (χ1v) is 7.10. The van der Waals surface area contributed by atoms with Gasteiger partial charge in [-0.25, -0.2) is 4.39 Å². The molecule has 0 aliphatic rings. The van der Waals surface area contributed by atoms with Crippen molar-refractivity contribution in [3.63, 3.8) is 0 Å². The van der Waals surface area contributed by atoms with E-state index in [1.165, 1.54) is 19.2 Å². The molecule has 0 bridgehead atoms. The van der Waals surface area contributed by atoms with Crippen LogP contribution in [0.15, 0.2) is 36.7 Å². The third kappa shape index (κ3) is 3.84. The number of aryl methyl sites for hydroxylation is 1. The minimum atomic E-state index is -1.04. The highest BCUT2D eigenvalue weighted by molar-refractivity contribution is 5.75. The quantitative estimate of drug-likeness (QED) is 0.887. The van der Waals surface area contributed by atoms with Gasteiger partial charge in [-0.05, 0) is 48.9 Å². The van der Waals surface area contributed by atoms with Crippen molar-refractivity contribution in [2.24, 2.45) is 0 Å². The van der Waals surface area contributed by atoms with Crippen LogP contribution in [0.4, 0.5) is 4.39 Å². The third-order valence-electron chi connectivity index (χ3n) is 3.72. The van der Waals surface area contributed by atoms with Gasteiger partial charge in [0.25, 0.3) is 0 Å². The number of benzene rings is 1. The summed E-state index contributed by atoms with van der Waals surface area (Å²) >= 11 is 0. The number of carboxylic acid groups (broad SMARTS) is 1. The van der Waals surface area contributed by atoms with E-state index in [-0.39, 0.29) is 5.75 Å². The Balaban J connectivity index is 2.29. The maximum Gasteiger partial charge on any atom is 0.325 e. The Labute approximate surface area is 134 Å². The number of likely N-dealkylation sites (N-methyl/N-ethyl adjacent to an activating group) is 1. The van der Waals surface area contributed by atoms with Gasteiger partial charge in [0.15, 0.2) is 11.6 Å². The normalized spacial score (nSPS) is 12.2. The van der Waals surface area contributed by atoms with Gasteiger partial charge in [-0.3, -0.25) is 14.7 Å². The van der Waals surface area contributed by atoms with E-state index in [1.54, 1.807) is 30.4 Å². The van der Waals surface area contributed by atoms with Gasteiger partial charge in [-0.2, -0.15) is 0 Å². The molecule has 0 amide bonds. The van der Waals surface area contributed by atoms with Gasteiger partial charge in [0, 0.05) is 18.9 Å². The van der Waals surface area contributed by atoms with Crippen LogP contribution >= 0.6 is 0 Å². The van der Waals surface area contributed by atoms with Crippen LogP contribution < -0.4 is 4.74 Å². The SMILES string of the molecule is COc1ccc([C@@H](C(=O)O)N(C)Cc2ccncc2C)cc1F. The molecular weight excluding hydrogens is 299 g/mol. The second-order valence-electron chi connectivity index (χ2n) is 5.35. The molecule has 1 aromatic heterocycles. The van der Waals surface area contributed by atoms with Gasteiger partial charge in [0.1, 0.15) is 6.04 Å². The first-order valence-electron chi connectivity index (χ1n) is 7.10. The number of carbonyl (C=O) groups is 1. The summed E-state index contributed by atoms with van der Waals surface area (Å²) in [5, 5.41) is 9.55. The van der Waals surface area contributed by atoms with Crippen molar-refractivity contribution in [1.82, 2.24) is 9.88 Å². The predicted octanol–water partition coefficient (Wildman–Crippen LogP) is 2.80. The molecule has 1 atom stereocenters. The van der Waals surface area contributed by atoms with Crippen molar-refractivity contribution in [3.05, 3.63) is 59.2 Å². The van der Waals surface area contributed by atoms with Crippen LogP contribution in [-0.4, -0.2) is 35.1 Å². The zero-order valence-corrected chi connectivity index (χ0v) is 13.3. The van der Waals surface area contributed by atoms with E-state index in [9.17, 15) is 14.3 Å². The average molecular weight is 318 g/mol. The molecule has 2 rings (SSSR count). The summed E-state index contributed by atoms with van der Waals surface area (Å²) in [6.07, 6.45) is 3.39. The Morgan fingerprint density at radius 1 is 1.43 bits per heavy atom. The molecule has 6 heteroatoms. The predicted molar refractivity (Wildman–Crippen MR) is 83.8 cm³/mol. The number of rotatable bonds is 6. The molecule has 23 heavy (non-hydrogen) atoms. The lowest BCUT2D eigenvalue weighted by Gasteiger charge is -2.25. The summed E-state index contributed by atoms with van der Waals surface area (Å²) < 4.78 is 18.8. The summed E-state index contributed by atoms with van der Waals surface area (Å²) in [5.74, 6) is -1.53. The van der Waals surface area contributed by atoms with Crippen LogP contribution in [0.25, 0.3) is 0 Å². The molecule has 0 aliphatic carbocycles. The van der Waals surface area contributed by atoms with Crippen molar-refractivity contribution >= 4 is 5.97 Å². The largest absolute Gasteiger partial charge is 0.494 e. The molecular formula is C17H19FN2O3. The van der Waals surface area contributed by atoms with E-state index in [0.29, 0.717) is 12.1 Å². The smallest absolute Gasteiger partial charge is 0.325 e.